The molecule has 2 aromatic rings. The highest BCUT2D eigenvalue weighted by atomic mass is 35.5. The number of aromatic nitrogens is 2. The zero-order chi connectivity index (χ0) is 26.2. The predicted octanol–water partition coefficient (Wildman–Crippen LogP) is 5.57. The molecule has 9 heteroatoms. The highest BCUT2D eigenvalue weighted by Gasteiger charge is 2.38. The quantitative estimate of drug-likeness (QED) is 0.522. The second kappa shape index (κ2) is 10.0. The molecule has 1 aromatic heterocycles. The lowest BCUT2D eigenvalue weighted by molar-refractivity contribution is -0.137. The van der Waals surface area contributed by atoms with Crippen LogP contribution in [0.4, 0.5) is 4.79 Å². The van der Waals surface area contributed by atoms with Crippen molar-refractivity contribution in [3.05, 3.63) is 69.3 Å². The van der Waals surface area contributed by atoms with Crippen LogP contribution >= 0.6 is 11.6 Å². The van der Waals surface area contributed by atoms with Gasteiger partial charge in [-0.15, -0.1) is 0 Å². The van der Waals surface area contributed by atoms with Crippen LogP contribution in [0.2, 0.25) is 0 Å². The van der Waals surface area contributed by atoms with E-state index in [4.69, 9.17) is 16.3 Å². The van der Waals surface area contributed by atoms with Crippen molar-refractivity contribution in [3.8, 4) is 0 Å². The van der Waals surface area contributed by atoms with E-state index in [1.54, 1.807) is 20.2 Å². The minimum absolute atomic E-state index is 0.138. The van der Waals surface area contributed by atoms with Gasteiger partial charge >= 0.3 is 17.8 Å². The number of amides is 1. The Morgan fingerprint density at radius 1 is 1.22 bits per heavy atom. The van der Waals surface area contributed by atoms with E-state index in [2.05, 4.69) is 0 Å². The summed E-state index contributed by atoms with van der Waals surface area (Å²) in [5, 5.41) is 10.0. The number of benzene rings is 1. The van der Waals surface area contributed by atoms with Crippen molar-refractivity contribution < 1.29 is 19.4 Å². The minimum Gasteiger partial charge on any atom is -0.481 e. The Bertz CT molecular complexity index is 1340. The van der Waals surface area contributed by atoms with Gasteiger partial charge in [-0.3, -0.25) is 18.8 Å². The number of imidazole rings is 1. The molecule has 1 aliphatic heterocycles. The van der Waals surface area contributed by atoms with E-state index >= 15 is 0 Å². The third kappa shape index (κ3) is 5.00. The molecular formula is C27H32ClN3O5. The fourth-order valence-corrected chi connectivity index (χ4v) is 5.34. The van der Waals surface area contributed by atoms with Crippen molar-refractivity contribution in [1.82, 2.24) is 14.0 Å². The number of carboxylic acid groups (broad SMARTS) is 1. The predicted molar refractivity (Wildman–Crippen MR) is 139 cm³/mol. The molecule has 2 atom stereocenters. The summed E-state index contributed by atoms with van der Waals surface area (Å²) in [6.45, 7) is 7.60. The molecule has 2 unspecified atom stereocenters. The van der Waals surface area contributed by atoms with Crippen LogP contribution in [0.1, 0.15) is 59.4 Å². The van der Waals surface area contributed by atoms with Gasteiger partial charge in [0.05, 0.1) is 30.0 Å². The Labute approximate surface area is 215 Å². The molecule has 0 saturated carbocycles. The van der Waals surface area contributed by atoms with Gasteiger partial charge in [-0.2, -0.15) is 0 Å². The molecule has 1 aliphatic carbocycles. The highest BCUT2D eigenvalue weighted by molar-refractivity contribution is 6.32. The van der Waals surface area contributed by atoms with Gasteiger partial charge in [-0.05, 0) is 57.4 Å². The number of hydrogen-bond acceptors (Lipinski definition) is 4. The number of fused-ring (bicyclic) bond motifs is 2. The van der Waals surface area contributed by atoms with Gasteiger partial charge in [0.15, 0.2) is 0 Å². The number of aliphatic carboxylic acids is 1. The number of nitrogens with zero attached hydrogens (tertiary/aromatic N) is 3. The summed E-state index contributed by atoms with van der Waals surface area (Å²) in [5.74, 6) is -0.947. The lowest BCUT2D eigenvalue weighted by Crippen LogP contribution is -2.38. The van der Waals surface area contributed by atoms with E-state index in [-0.39, 0.29) is 24.7 Å². The lowest BCUT2D eigenvalue weighted by Gasteiger charge is -2.29. The molecular weight excluding hydrogens is 482 g/mol. The van der Waals surface area contributed by atoms with Gasteiger partial charge in [0.1, 0.15) is 5.60 Å². The van der Waals surface area contributed by atoms with E-state index in [0.29, 0.717) is 28.9 Å². The Morgan fingerprint density at radius 2 is 1.92 bits per heavy atom. The smallest absolute Gasteiger partial charge is 0.414 e. The van der Waals surface area contributed by atoms with E-state index in [1.807, 2.05) is 64.1 Å². The zero-order valence-corrected chi connectivity index (χ0v) is 21.8. The van der Waals surface area contributed by atoms with Gasteiger partial charge in [-0.25, -0.2) is 9.59 Å². The molecule has 192 valence electrons. The van der Waals surface area contributed by atoms with Crippen LogP contribution in [0.25, 0.3) is 11.0 Å². The van der Waals surface area contributed by atoms with Crippen LogP contribution in [-0.4, -0.2) is 42.8 Å². The van der Waals surface area contributed by atoms with Gasteiger partial charge in [0, 0.05) is 22.8 Å². The normalized spacial score (nSPS) is 18.4. The number of ether oxygens (including phenoxy) is 1. The molecule has 1 aromatic carbocycles. The first-order valence-corrected chi connectivity index (χ1v) is 12.6. The van der Waals surface area contributed by atoms with Crippen molar-refractivity contribution in [2.45, 2.75) is 77.6 Å². The Hall–Kier alpha value is -3.26. The number of carbonyl (C=O) groups excluding carboxylic acids is 1. The van der Waals surface area contributed by atoms with E-state index < -0.39 is 23.7 Å². The first kappa shape index (κ1) is 25.8. The van der Waals surface area contributed by atoms with Gasteiger partial charge < -0.3 is 9.84 Å². The van der Waals surface area contributed by atoms with Crippen molar-refractivity contribution >= 4 is 34.7 Å². The largest absolute Gasteiger partial charge is 0.481 e. The van der Waals surface area contributed by atoms with Crippen molar-refractivity contribution in [2.24, 2.45) is 0 Å². The van der Waals surface area contributed by atoms with E-state index in [9.17, 15) is 19.5 Å². The fourth-order valence-electron chi connectivity index (χ4n) is 5.00. The molecule has 2 aliphatic rings. The van der Waals surface area contributed by atoms with Crippen LogP contribution in [0.15, 0.2) is 63.6 Å². The van der Waals surface area contributed by atoms with Crippen LogP contribution in [0.5, 0.6) is 0 Å². The number of carbonyl (C=O) groups is 2. The second-order valence-electron chi connectivity index (χ2n) is 10.2. The first-order valence-electron chi connectivity index (χ1n) is 12.2. The van der Waals surface area contributed by atoms with Gasteiger partial charge in [0.25, 0.3) is 0 Å². The monoisotopic (exact) mass is 513 g/mol. The molecule has 0 spiro atoms. The molecule has 0 fully saturated rings. The fraction of sp³-hybridized carbons (Fsp3) is 0.444. The second-order valence-corrected chi connectivity index (χ2v) is 10.6. The number of allylic oxidation sites excluding steroid dienone is 2. The number of hydrogen-bond donors (Lipinski definition) is 1. The van der Waals surface area contributed by atoms with Crippen LogP contribution in [0.3, 0.4) is 0 Å². The standard InChI is InChI=1S/C27H32ClN3O5/c1-5-9-18(14-23(32)33)31-21-12-7-6-11-20(21)29(25(31)34)15-17-16-30(26(35)36-27(2,3)4)22-13-8-10-19(28)24(17)22/h6-8,10-12,16,18,22H,5,9,13-15H2,1-4H3,(H,32,33). The van der Waals surface area contributed by atoms with Crippen LogP contribution in [-0.2, 0) is 16.1 Å². The third-order valence-corrected chi connectivity index (χ3v) is 6.72. The molecule has 1 N–H and O–H groups in total. The maximum Gasteiger partial charge on any atom is 0.414 e. The first-order chi connectivity index (χ1) is 17.0. The van der Waals surface area contributed by atoms with Crippen molar-refractivity contribution in [2.75, 3.05) is 0 Å². The molecule has 8 nitrogen and oxygen atoms in total. The summed E-state index contributed by atoms with van der Waals surface area (Å²) in [7, 11) is 0. The SMILES string of the molecule is CCCC(CC(=O)O)n1c(=O)n(CC2=CN(C(=O)OC(C)(C)C)C3CC=CC(Cl)=C23)c2ccccc21. The summed E-state index contributed by atoms with van der Waals surface area (Å²) in [4.78, 5) is 39.9. The zero-order valence-electron chi connectivity index (χ0n) is 21.0. The number of carboxylic acids is 1. The Morgan fingerprint density at radius 3 is 2.56 bits per heavy atom. The Kier molecular flexibility index (Phi) is 7.18. The molecule has 4 rings (SSSR count). The summed E-state index contributed by atoms with van der Waals surface area (Å²) >= 11 is 6.61. The number of rotatable bonds is 7. The average Bonchev–Trinajstić information content (AvgIpc) is 3.29. The van der Waals surface area contributed by atoms with E-state index in [0.717, 1.165) is 17.6 Å². The topological polar surface area (TPSA) is 93.8 Å². The van der Waals surface area contributed by atoms with Crippen molar-refractivity contribution in [3.63, 3.8) is 0 Å². The van der Waals surface area contributed by atoms with Crippen molar-refractivity contribution in [1.29, 1.82) is 0 Å². The lowest BCUT2D eigenvalue weighted by atomic mass is 9.95. The van der Waals surface area contributed by atoms with Crippen LogP contribution in [0, 0.1) is 0 Å². The van der Waals surface area contributed by atoms with Crippen LogP contribution < -0.4 is 5.69 Å². The van der Waals surface area contributed by atoms with E-state index in [1.165, 1.54) is 0 Å². The maximum absolute atomic E-state index is 13.8. The molecule has 1 amide bonds. The summed E-state index contributed by atoms with van der Waals surface area (Å²) in [6, 6.07) is 6.61. The number of halogens is 1. The third-order valence-electron chi connectivity index (χ3n) is 6.39. The van der Waals surface area contributed by atoms with Gasteiger partial charge in [-0.1, -0.05) is 43.2 Å². The minimum atomic E-state index is -0.947. The molecule has 0 bridgehead atoms. The molecule has 0 saturated heterocycles. The molecule has 36 heavy (non-hydrogen) atoms. The summed E-state index contributed by atoms with van der Waals surface area (Å²) in [6.07, 6.45) is 6.75. The Balaban J connectivity index is 1.80. The maximum atomic E-state index is 13.8. The highest BCUT2D eigenvalue weighted by Crippen LogP contribution is 2.39. The van der Waals surface area contributed by atoms with Gasteiger partial charge in [0.2, 0.25) is 0 Å². The molecule has 0 radical (unpaired) electrons. The summed E-state index contributed by atoms with van der Waals surface area (Å²) < 4.78 is 8.86. The average molecular weight is 514 g/mol. The molecule has 2 heterocycles. The summed E-state index contributed by atoms with van der Waals surface area (Å²) in [5.41, 5.74) is 1.98. The number of para-hydroxylation sites is 2.